The monoisotopic (exact) mass is 231 g/mol. The van der Waals surface area contributed by atoms with Crippen LogP contribution in [0.25, 0.3) is 0 Å². The van der Waals surface area contributed by atoms with E-state index in [4.69, 9.17) is 4.84 Å². The highest BCUT2D eigenvalue weighted by molar-refractivity contribution is 9.18. The third-order valence-corrected chi connectivity index (χ3v) is 1.65. The normalized spacial score (nSPS) is 11.7. The molecule has 0 atom stereocenters. The summed E-state index contributed by atoms with van der Waals surface area (Å²) >= 11 is 3.23. The van der Waals surface area contributed by atoms with Crippen LogP contribution < -0.4 is 0 Å². The predicted molar refractivity (Wildman–Crippen MR) is 50.3 cm³/mol. The maximum atomic E-state index is 4.95. The van der Waals surface area contributed by atoms with Gasteiger partial charge in [0.15, 0.2) is 10.4 Å². The fourth-order valence-electron chi connectivity index (χ4n) is 0.615. The second-order valence-electron chi connectivity index (χ2n) is 2.15. The minimum absolute atomic E-state index is 0.584. The highest BCUT2D eigenvalue weighted by Gasteiger charge is 2.00. The van der Waals surface area contributed by atoms with Crippen molar-refractivity contribution in [2.24, 2.45) is 5.16 Å². The highest BCUT2D eigenvalue weighted by atomic mass is 79.9. The third kappa shape index (κ3) is 2.65. The van der Waals surface area contributed by atoms with Crippen molar-refractivity contribution in [1.82, 2.24) is 9.97 Å². The van der Waals surface area contributed by atoms with E-state index in [9.17, 15) is 0 Å². The molecule has 0 bridgehead atoms. The van der Waals surface area contributed by atoms with Crippen LogP contribution in [0.4, 0.5) is 0 Å². The zero-order valence-corrected chi connectivity index (χ0v) is 8.34. The molecule has 0 aliphatic rings. The van der Waals surface area contributed by atoms with E-state index in [0.717, 1.165) is 6.42 Å². The quantitative estimate of drug-likeness (QED) is 0.489. The Bertz CT molecular complexity index is 245. The zero-order chi connectivity index (χ0) is 8.81. The lowest BCUT2D eigenvalue weighted by molar-refractivity contribution is 0.146. The van der Waals surface area contributed by atoms with Crippen LogP contribution in [0.1, 0.15) is 19.2 Å². The molecule has 0 aromatic carbocycles. The summed E-state index contributed by atoms with van der Waals surface area (Å²) in [5.41, 5.74) is 0. The molecule has 1 aromatic heterocycles. The number of H-pyrrole nitrogens is 1. The van der Waals surface area contributed by atoms with Gasteiger partial charge in [-0.1, -0.05) is 12.1 Å². The van der Waals surface area contributed by atoms with Gasteiger partial charge in [-0.25, -0.2) is 4.98 Å². The summed E-state index contributed by atoms with van der Waals surface area (Å²) in [6.45, 7) is 2.64. The second-order valence-corrected chi connectivity index (χ2v) is 2.90. The summed E-state index contributed by atoms with van der Waals surface area (Å²) in [5, 5.41) is 3.80. The number of aromatic nitrogens is 2. The predicted octanol–water partition coefficient (Wildman–Crippen LogP) is 1.89. The molecule has 1 N–H and O–H groups in total. The first-order chi connectivity index (χ1) is 5.84. The van der Waals surface area contributed by atoms with E-state index in [1.165, 1.54) is 0 Å². The number of hydrogen-bond acceptors (Lipinski definition) is 3. The maximum absolute atomic E-state index is 4.95. The van der Waals surface area contributed by atoms with Gasteiger partial charge in [-0.3, -0.25) is 0 Å². The minimum atomic E-state index is 0.584. The van der Waals surface area contributed by atoms with Gasteiger partial charge in [-0.2, -0.15) is 0 Å². The van der Waals surface area contributed by atoms with E-state index < -0.39 is 0 Å². The first-order valence-electron chi connectivity index (χ1n) is 3.69. The molecule has 5 heteroatoms. The number of halogens is 1. The number of nitrogens with one attached hydrogen (secondary N) is 1. The molecule has 4 nitrogen and oxygen atoms in total. The van der Waals surface area contributed by atoms with Crippen LogP contribution >= 0.6 is 15.9 Å². The van der Waals surface area contributed by atoms with Crippen molar-refractivity contribution in [2.75, 3.05) is 6.61 Å². The number of hydrogen-bond donors (Lipinski definition) is 1. The number of nitrogens with zero attached hydrogens (tertiary/aromatic N) is 2. The lowest BCUT2D eigenvalue weighted by atomic mass is 10.5. The fourth-order valence-corrected chi connectivity index (χ4v) is 0.934. The van der Waals surface area contributed by atoms with Gasteiger partial charge in [0.2, 0.25) is 0 Å². The Morgan fingerprint density at radius 3 is 3.25 bits per heavy atom. The molecule has 0 aliphatic heterocycles. The molecule has 1 heterocycles. The van der Waals surface area contributed by atoms with E-state index in [2.05, 4.69) is 31.1 Å². The molecule has 0 radical (unpaired) electrons. The first kappa shape index (κ1) is 9.25. The molecule has 12 heavy (non-hydrogen) atoms. The summed E-state index contributed by atoms with van der Waals surface area (Å²) in [6.07, 6.45) is 4.33. The van der Waals surface area contributed by atoms with Gasteiger partial charge in [0.25, 0.3) is 0 Å². The van der Waals surface area contributed by atoms with E-state index in [1.807, 2.05) is 6.92 Å². The molecule has 0 amide bonds. The summed E-state index contributed by atoms with van der Waals surface area (Å²) in [4.78, 5) is 11.8. The molecule has 0 unspecified atom stereocenters. The largest absolute Gasteiger partial charge is 0.395 e. The Hall–Kier alpha value is -0.840. The first-order valence-corrected chi connectivity index (χ1v) is 4.49. The topological polar surface area (TPSA) is 50.3 Å². The van der Waals surface area contributed by atoms with Crippen molar-refractivity contribution < 1.29 is 4.84 Å². The molecule has 0 spiro atoms. The second kappa shape index (κ2) is 4.92. The molecular weight excluding hydrogens is 222 g/mol. The molecule has 1 aromatic rings. The number of aromatic amines is 1. The fraction of sp³-hybridized carbons (Fsp3) is 0.429. The smallest absolute Gasteiger partial charge is 0.187 e. The zero-order valence-electron chi connectivity index (χ0n) is 6.75. The SMILES string of the molecule is CCCO/N=C(/Br)c1ncc[nH]1. The van der Waals surface area contributed by atoms with Gasteiger partial charge in [0.05, 0.1) is 0 Å². The minimum Gasteiger partial charge on any atom is -0.395 e. The Morgan fingerprint density at radius 2 is 2.67 bits per heavy atom. The van der Waals surface area contributed by atoms with Gasteiger partial charge < -0.3 is 9.82 Å². The number of oxime groups is 1. The van der Waals surface area contributed by atoms with Gasteiger partial charge in [-0.15, -0.1) is 0 Å². The van der Waals surface area contributed by atoms with Crippen LogP contribution in [0.2, 0.25) is 0 Å². The van der Waals surface area contributed by atoms with Crippen molar-refractivity contribution in [1.29, 1.82) is 0 Å². The van der Waals surface area contributed by atoms with Crippen LogP contribution in [0.5, 0.6) is 0 Å². The standard InChI is InChI=1S/C7H10BrN3O/c1-2-5-12-11-6(8)7-9-3-4-10-7/h3-4H,2,5H2,1H3,(H,9,10)/b11-6+. The van der Waals surface area contributed by atoms with Gasteiger partial charge in [0, 0.05) is 12.4 Å². The van der Waals surface area contributed by atoms with Crippen LogP contribution in [-0.4, -0.2) is 21.2 Å². The van der Waals surface area contributed by atoms with Gasteiger partial charge in [-0.05, 0) is 22.4 Å². The maximum Gasteiger partial charge on any atom is 0.187 e. The average Bonchev–Trinajstić information content (AvgIpc) is 2.56. The molecule has 0 fully saturated rings. The summed E-state index contributed by atoms with van der Waals surface area (Å²) in [6, 6.07) is 0. The van der Waals surface area contributed by atoms with Crippen molar-refractivity contribution in [3.8, 4) is 0 Å². The van der Waals surface area contributed by atoms with E-state index >= 15 is 0 Å². The van der Waals surface area contributed by atoms with Crippen LogP contribution in [0.3, 0.4) is 0 Å². The molecule has 0 aliphatic carbocycles. The Labute approximate surface area is 79.2 Å². The average molecular weight is 232 g/mol. The summed E-state index contributed by atoms with van der Waals surface area (Å²) in [7, 11) is 0. The lowest BCUT2D eigenvalue weighted by Gasteiger charge is -1.95. The molecule has 66 valence electrons. The van der Waals surface area contributed by atoms with Crippen LogP contribution in [0.15, 0.2) is 17.5 Å². The highest BCUT2D eigenvalue weighted by Crippen LogP contribution is 2.00. The molecule has 1 rings (SSSR count). The Balaban J connectivity index is 2.47. The van der Waals surface area contributed by atoms with E-state index in [1.54, 1.807) is 12.4 Å². The van der Waals surface area contributed by atoms with Crippen molar-refractivity contribution in [3.05, 3.63) is 18.2 Å². The number of rotatable bonds is 4. The van der Waals surface area contributed by atoms with E-state index in [-0.39, 0.29) is 0 Å². The van der Waals surface area contributed by atoms with Crippen LogP contribution in [-0.2, 0) is 4.84 Å². The van der Waals surface area contributed by atoms with Crippen LogP contribution in [0, 0.1) is 0 Å². The number of imidazole rings is 1. The van der Waals surface area contributed by atoms with E-state index in [0.29, 0.717) is 17.1 Å². The van der Waals surface area contributed by atoms with Crippen molar-refractivity contribution >= 4 is 20.6 Å². The Kier molecular flexibility index (Phi) is 3.79. The Morgan fingerprint density at radius 1 is 1.83 bits per heavy atom. The van der Waals surface area contributed by atoms with Gasteiger partial charge >= 0.3 is 0 Å². The van der Waals surface area contributed by atoms with Crippen molar-refractivity contribution in [2.45, 2.75) is 13.3 Å². The summed E-state index contributed by atoms with van der Waals surface area (Å²) < 4.78 is 0.584. The lowest BCUT2D eigenvalue weighted by Crippen LogP contribution is -1.95. The van der Waals surface area contributed by atoms with Crippen molar-refractivity contribution in [3.63, 3.8) is 0 Å². The molecule has 0 saturated carbocycles. The van der Waals surface area contributed by atoms with Gasteiger partial charge in [0.1, 0.15) is 6.61 Å². The molecule has 0 saturated heterocycles. The molecular formula is C7H10BrN3O. The summed E-state index contributed by atoms with van der Waals surface area (Å²) in [5.74, 6) is 0.672. The third-order valence-electron chi connectivity index (χ3n) is 1.13.